The van der Waals surface area contributed by atoms with Gasteiger partial charge in [0.1, 0.15) is 0 Å². The lowest BCUT2D eigenvalue weighted by Gasteiger charge is -2.07. The molecule has 0 aliphatic heterocycles. The van der Waals surface area contributed by atoms with E-state index >= 15 is 0 Å². The Morgan fingerprint density at radius 3 is 2.43 bits per heavy atom. The monoisotopic (exact) mass is 389 g/mol. The predicted octanol–water partition coefficient (Wildman–Crippen LogP) is 6.01. The van der Waals surface area contributed by atoms with Gasteiger partial charge >= 0.3 is 5.97 Å². The van der Waals surface area contributed by atoms with Gasteiger partial charge in [-0.1, -0.05) is 60.1 Å². The summed E-state index contributed by atoms with van der Waals surface area (Å²) < 4.78 is 0. The van der Waals surface area contributed by atoms with Crippen LogP contribution in [0.5, 0.6) is 0 Å². The van der Waals surface area contributed by atoms with E-state index in [-0.39, 0.29) is 6.42 Å². The molecule has 4 rings (SSSR count). The highest BCUT2D eigenvalue weighted by atomic mass is 35.5. The molecule has 0 aliphatic carbocycles. The molecular weight excluding hydrogens is 370 g/mol. The molecule has 2 N–H and O–H groups in total. The van der Waals surface area contributed by atoms with E-state index < -0.39 is 5.97 Å². The molecule has 3 nitrogen and oxygen atoms in total. The van der Waals surface area contributed by atoms with Gasteiger partial charge in [0.25, 0.3) is 0 Å². The second-order valence-electron chi connectivity index (χ2n) is 7.04. The van der Waals surface area contributed by atoms with Crippen molar-refractivity contribution in [2.75, 3.05) is 0 Å². The van der Waals surface area contributed by atoms with Gasteiger partial charge in [-0.3, -0.25) is 4.79 Å². The van der Waals surface area contributed by atoms with Crippen LogP contribution in [0.15, 0.2) is 66.7 Å². The number of hydrogen-bond acceptors (Lipinski definition) is 1. The molecule has 4 aromatic rings. The Bertz CT molecular complexity index is 1160. The normalized spacial score (nSPS) is 11.1. The maximum Gasteiger partial charge on any atom is 0.307 e. The van der Waals surface area contributed by atoms with E-state index in [1.165, 1.54) is 0 Å². The van der Waals surface area contributed by atoms with E-state index in [4.69, 9.17) is 11.6 Å². The zero-order valence-corrected chi connectivity index (χ0v) is 16.3. The standard InChI is InChI=1S/C24H20ClNO2/c1-15-12-18(10-11-21(15)25)17-8-6-16(7-9-17)13-23-20(14-24(27)28)19-4-2-3-5-22(19)26-23/h2-12,26H,13-14H2,1H3,(H,27,28). The van der Waals surface area contributed by atoms with Crippen molar-refractivity contribution in [1.82, 2.24) is 4.98 Å². The number of para-hydroxylation sites is 1. The van der Waals surface area contributed by atoms with E-state index in [9.17, 15) is 9.90 Å². The molecule has 3 aromatic carbocycles. The van der Waals surface area contributed by atoms with Crippen molar-refractivity contribution in [3.8, 4) is 11.1 Å². The molecule has 0 fully saturated rings. The fourth-order valence-electron chi connectivity index (χ4n) is 3.60. The molecule has 0 aliphatic rings. The van der Waals surface area contributed by atoms with Crippen molar-refractivity contribution in [2.45, 2.75) is 19.8 Å². The Hall–Kier alpha value is -3.04. The molecule has 0 saturated heterocycles. The van der Waals surface area contributed by atoms with Crippen LogP contribution in [0.3, 0.4) is 0 Å². The number of aryl methyl sites for hydroxylation is 1. The lowest BCUT2D eigenvalue weighted by atomic mass is 9.99. The lowest BCUT2D eigenvalue weighted by molar-refractivity contribution is -0.136. The van der Waals surface area contributed by atoms with E-state index in [1.54, 1.807) is 0 Å². The van der Waals surface area contributed by atoms with Crippen molar-refractivity contribution in [3.05, 3.63) is 94.1 Å². The highest BCUT2D eigenvalue weighted by Gasteiger charge is 2.14. The first-order valence-electron chi connectivity index (χ1n) is 9.17. The first-order valence-corrected chi connectivity index (χ1v) is 9.55. The smallest absolute Gasteiger partial charge is 0.307 e. The number of aliphatic carboxylic acids is 1. The highest BCUT2D eigenvalue weighted by Crippen LogP contribution is 2.27. The van der Waals surface area contributed by atoms with Crippen molar-refractivity contribution < 1.29 is 9.90 Å². The van der Waals surface area contributed by atoms with Gasteiger partial charge in [0.15, 0.2) is 0 Å². The van der Waals surface area contributed by atoms with Crippen LogP contribution in [0.1, 0.15) is 22.4 Å². The average Bonchev–Trinajstić information content (AvgIpc) is 3.01. The fraction of sp³-hybridized carbons (Fsp3) is 0.125. The molecule has 0 spiro atoms. The predicted molar refractivity (Wildman–Crippen MR) is 114 cm³/mol. The zero-order chi connectivity index (χ0) is 19.7. The van der Waals surface area contributed by atoms with Crippen LogP contribution in [0.25, 0.3) is 22.0 Å². The molecule has 0 saturated carbocycles. The summed E-state index contributed by atoms with van der Waals surface area (Å²) in [6.07, 6.45) is 0.679. The minimum atomic E-state index is -0.820. The number of rotatable bonds is 5. The molecule has 0 radical (unpaired) electrons. The second-order valence-corrected chi connectivity index (χ2v) is 7.44. The van der Waals surface area contributed by atoms with Crippen LogP contribution in [-0.2, 0) is 17.6 Å². The zero-order valence-electron chi connectivity index (χ0n) is 15.5. The van der Waals surface area contributed by atoms with Crippen molar-refractivity contribution in [3.63, 3.8) is 0 Å². The Morgan fingerprint density at radius 1 is 1.00 bits per heavy atom. The van der Waals surface area contributed by atoms with Crippen molar-refractivity contribution >= 4 is 28.5 Å². The number of hydrogen-bond donors (Lipinski definition) is 2. The average molecular weight is 390 g/mol. The largest absolute Gasteiger partial charge is 0.481 e. The number of aromatic nitrogens is 1. The highest BCUT2D eigenvalue weighted by molar-refractivity contribution is 6.31. The first kappa shape index (κ1) is 18.3. The van der Waals surface area contributed by atoms with Gasteiger partial charge in [0.2, 0.25) is 0 Å². The quantitative estimate of drug-likeness (QED) is 0.438. The van der Waals surface area contributed by atoms with Crippen LogP contribution >= 0.6 is 11.6 Å². The Labute approximate surface area is 168 Å². The Kier molecular flexibility index (Phi) is 4.93. The number of aromatic amines is 1. The first-order chi connectivity index (χ1) is 13.5. The molecule has 0 bridgehead atoms. The van der Waals surface area contributed by atoms with Crippen molar-refractivity contribution in [2.24, 2.45) is 0 Å². The Balaban J connectivity index is 1.64. The third kappa shape index (κ3) is 3.67. The summed E-state index contributed by atoms with van der Waals surface area (Å²) in [5, 5.41) is 11.1. The topological polar surface area (TPSA) is 53.1 Å². The summed E-state index contributed by atoms with van der Waals surface area (Å²) in [4.78, 5) is 14.7. The van der Waals surface area contributed by atoms with Crippen LogP contribution in [0.4, 0.5) is 0 Å². The fourth-order valence-corrected chi connectivity index (χ4v) is 3.72. The Morgan fingerprint density at radius 2 is 1.71 bits per heavy atom. The third-order valence-electron chi connectivity index (χ3n) is 5.06. The van der Waals surface area contributed by atoms with Gasteiger partial charge < -0.3 is 10.1 Å². The van der Waals surface area contributed by atoms with Gasteiger partial charge in [0, 0.05) is 28.0 Å². The van der Waals surface area contributed by atoms with Crippen molar-refractivity contribution in [1.29, 1.82) is 0 Å². The summed E-state index contributed by atoms with van der Waals surface area (Å²) in [6, 6.07) is 22.2. The number of nitrogens with one attached hydrogen (secondary N) is 1. The van der Waals surface area contributed by atoms with Gasteiger partial charge in [-0.25, -0.2) is 0 Å². The van der Waals surface area contributed by atoms with Crippen LogP contribution in [0, 0.1) is 6.92 Å². The molecule has 0 amide bonds. The number of benzene rings is 3. The van der Waals surface area contributed by atoms with E-state index in [2.05, 4.69) is 35.3 Å². The van der Waals surface area contributed by atoms with Gasteiger partial charge in [0.05, 0.1) is 6.42 Å². The summed E-state index contributed by atoms with van der Waals surface area (Å²) in [7, 11) is 0. The number of carboxylic acid groups (broad SMARTS) is 1. The van der Waals surface area contributed by atoms with Crippen LogP contribution in [-0.4, -0.2) is 16.1 Å². The summed E-state index contributed by atoms with van der Waals surface area (Å²) in [5.41, 5.74) is 7.24. The number of H-pyrrole nitrogens is 1. The summed E-state index contributed by atoms with van der Waals surface area (Å²) >= 11 is 6.12. The molecule has 1 aromatic heterocycles. The minimum Gasteiger partial charge on any atom is -0.481 e. The van der Waals surface area contributed by atoms with Gasteiger partial charge in [-0.2, -0.15) is 0 Å². The summed E-state index contributed by atoms with van der Waals surface area (Å²) in [6.45, 7) is 2.00. The minimum absolute atomic E-state index is 0.0154. The molecular formula is C24H20ClNO2. The van der Waals surface area contributed by atoms with E-state index in [0.717, 1.165) is 49.4 Å². The number of carboxylic acids is 1. The lowest BCUT2D eigenvalue weighted by Crippen LogP contribution is -2.03. The molecule has 140 valence electrons. The molecule has 0 unspecified atom stereocenters. The maximum atomic E-state index is 11.3. The number of carbonyl (C=O) groups is 1. The third-order valence-corrected chi connectivity index (χ3v) is 5.48. The SMILES string of the molecule is Cc1cc(-c2ccc(Cc3[nH]c4ccccc4c3CC(=O)O)cc2)ccc1Cl. The number of halogens is 1. The maximum absolute atomic E-state index is 11.3. The van der Waals surface area contributed by atoms with Gasteiger partial charge in [-0.15, -0.1) is 0 Å². The molecule has 28 heavy (non-hydrogen) atoms. The summed E-state index contributed by atoms with van der Waals surface area (Å²) in [5.74, 6) is -0.820. The van der Waals surface area contributed by atoms with E-state index in [1.807, 2.05) is 43.3 Å². The number of fused-ring (bicyclic) bond motifs is 1. The molecule has 0 atom stereocenters. The van der Waals surface area contributed by atoms with E-state index in [0.29, 0.717) is 6.42 Å². The second kappa shape index (κ2) is 7.53. The van der Waals surface area contributed by atoms with Crippen LogP contribution in [0.2, 0.25) is 5.02 Å². The molecule has 4 heteroatoms. The van der Waals surface area contributed by atoms with Crippen LogP contribution < -0.4 is 0 Å². The molecule has 1 heterocycles. The van der Waals surface area contributed by atoms with Gasteiger partial charge in [-0.05, 0) is 52.9 Å².